The molecule has 5 heteroatoms. The quantitative estimate of drug-likeness (QED) is 0.659. The van der Waals surface area contributed by atoms with Crippen LogP contribution in [0, 0.1) is 5.92 Å². The Morgan fingerprint density at radius 1 is 1.03 bits per heavy atom. The standard InChI is InChI=1S/C26H28N2O3/c1-31-24-14-5-3-9-20(24)15-16-27-25(29)21-11-7-17-28(18-21)26(30)23-13-6-10-19-8-2-4-12-22(19)23/h2-6,8-10,12-14,21H,7,11,15-18H2,1H3,(H,27,29)/t21-/m0/s1. The third-order valence-electron chi connectivity index (χ3n) is 5.99. The number of nitrogens with one attached hydrogen (secondary N) is 1. The van der Waals surface area contributed by atoms with Gasteiger partial charge in [-0.2, -0.15) is 0 Å². The van der Waals surface area contributed by atoms with Gasteiger partial charge in [0.1, 0.15) is 5.75 Å². The van der Waals surface area contributed by atoms with Crippen molar-refractivity contribution < 1.29 is 14.3 Å². The van der Waals surface area contributed by atoms with Crippen molar-refractivity contribution in [3.63, 3.8) is 0 Å². The molecule has 0 aromatic heterocycles. The first-order chi connectivity index (χ1) is 15.2. The Kier molecular flexibility index (Phi) is 6.51. The Labute approximate surface area is 183 Å². The maximum Gasteiger partial charge on any atom is 0.254 e. The molecule has 1 aliphatic rings. The average Bonchev–Trinajstić information content (AvgIpc) is 2.83. The first-order valence-corrected chi connectivity index (χ1v) is 10.8. The maximum atomic E-state index is 13.2. The van der Waals surface area contributed by atoms with E-state index in [1.807, 2.05) is 71.6 Å². The highest BCUT2D eigenvalue weighted by atomic mass is 16.5. The lowest BCUT2D eigenvalue weighted by Gasteiger charge is -2.32. The van der Waals surface area contributed by atoms with E-state index < -0.39 is 0 Å². The summed E-state index contributed by atoms with van der Waals surface area (Å²) in [5.41, 5.74) is 1.78. The molecule has 4 rings (SSSR count). The summed E-state index contributed by atoms with van der Waals surface area (Å²) in [6, 6.07) is 21.6. The molecule has 1 saturated heterocycles. The van der Waals surface area contributed by atoms with Gasteiger partial charge in [0.15, 0.2) is 0 Å². The van der Waals surface area contributed by atoms with Gasteiger partial charge in [-0.25, -0.2) is 0 Å². The predicted molar refractivity (Wildman–Crippen MR) is 122 cm³/mol. The number of methoxy groups -OCH3 is 1. The predicted octanol–water partition coefficient (Wildman–Crippen LogP) is 4.06. The van der Waals surface area contributed by atoms with Crippen LogP contribution in [0.15, 0.2) is 66.7 Å². The third-order valence-corrected chi connectivity index (χ3v) is 5.99. The van der Waals surface area contributed by atoms with Gasteiger partial charge in [0, 0.05) is 25.2 Å². The van der Waals surface area contributed by atoms with Crippen LogP contribution in [0.1, 0.15) is 28.8 Å². The number of carbonyl (C=O) groups is 2. The highest BCUT2D eigenvalue weighted by Crippen LogP contribution is 2.24. The molecule has 0 saturated carbocycles. The minimum Gasteiger partial charge on any atom is -0.496 e. The lowest BCUT2D eigenvalue weighted by Crippen LogP contribution is -2.45. The van der Waals surface area contributed by atoms with Gasteiger partial charge >= 0.3 is 0 Å². The van der Waals surface area contributed by atoms with E-state index >= 15 is 0 Å². The van der Waals surface area contributed by atoms with Gasteiger partial charge in [0.2, 0.25) is 5.91 Å². The smallest absolute Gasteiger partial charge is 0.254 e. The van der Waals surface area contributed by atoms with Gasteiger partial charge < -0.3 is 15.0 Å². The fourth-order valence-corrected chi connectivity index (χ4v) is 4.33. The molecular weight excluding hydrogens is 388 g/mol. The fourth-order valence-electron chi connectivity index (χ4n) is 4.33. The van der Waals surface area contributed by atoms with Gasteiger partial charge in [-0.1, -0.05) is 54.6 Å². The second kappa shape index (κ2) is 9.65. The molecule has 31 heavy (non-hydrogen) atoms. The van der Waals surface area contributed by atoms with Crippen molar-refractivity contribution in [1.29, 1.82) is 0 Å². The van der Waals surface area contributed by atoms with Gasteiger partial charge in [-0.05, 0) is 47.7 Å². The zero-order chi connectivity index (χ0) is 21.6. The molecule has 0 aliphatic carbocycles. The molecule has 1 fully saturated rings. The summed E-state index contributed by atoms with van der Waals surface area (Å²) < 4.78 is 5.38. The normalized spacial score (nSPS) is 16.2. The summed E-state index contributed by atoms with van der Waals surface area (Å²) >= 11 is 0. The summed E-state index contributed by atoms with van der Waals surface area (Å²) in [5, 5.41) is 5.06. The monoisotopic (exact) mass is 416 g/mol. The lowest BCUT2D eigenvalue weighted by molar-refractivity contribution is -0.126. The molecule has 1 heterocycles. The molecule has 0 spiro atoms. The average molecular weight is 417 g/mol. The van der Waals surface area contributed by atoms with Crippen molar-refractivity contribution in [2.45, 2.75) is 19.3 Å². The van der Waals surface area contributed by atoms with Crippen molar-refractivity contribution in [1.82, 2.24) is 10.2 Å². The van der Waals surface area contributed by atoms with Crippen LogP contribution in [0.2, 0.25) is 0 Å². The van der Waals surface area contributed by atoms with Crippen LogP contribution in [0.3, 0.4) is 0 Å². The van der Waals surface area contributed by atoms with Crippen molar-refractivity contribution in [2.24, 2.45) is 5.92 Å². The van der Waals surface area contributed by atoms with Crippen molar-refractivity contribution >= 4 is 22.6 Å². The number of fused-ring (bicyclic) bond motifs is 1. The second-order valence-corrected chi connectivity index (χ2v) is 7.97. The minimum atomic E-state index is -0.176. The highest BCUT2D eigenvalue weighted by molar-refractivity contribution is 6.07. The first-order valence-electron chi connectivity index (χ1n) is 10.8. The topological polar surface area (TPSA) is 58.6 Å². The van der Waals surface area contributed by atoms with E-state index in [1.54, 1.807) is 7.11 Å². The van der Waals surface area contributed by atoms with E-state index in [2.05, 4.69) is 5.32 Å². The van der Waals surface area contributed by atoms with E-state index in [0.717, 1.165) is 34.9 Å². The summed E-state index contributed by atoms with van der Waals surface area (Å²) in [7, 11) is 1.65. The Morgan fingerprint density at radius 2 is 1.81 bits per heavy atom. The van der Waals surface area contributed by atoms with Gasteiger partial charge in [-0.3, -0.25) is 9.59 Å². The Balaban J connectivity index is 1.37. The lowest BCUT2D eigenvalue weighted by atomic mass is 9.95. The number of ether oxygens (including phenoxy) is 1. The van der Waals surface area contributed by atoms with Crippen molar-refractivity contribution in [3.05, 3.63) is 77.9 Å². The van der Waals surface area contributed by atoms with Crippen LogP contribution >= 0.6 is 0 Å². The number of carbonyl (C=O) groups excluding carboxylic acids is 2. The first kappa shape index (κ1) is 20.9. The second-order valence-electron chi connectivity index (χ2n) is 7.97. The largest absolute Gasteiger partial charge is 0.496 e. The molecule has 0 bridgehead atoms. The van der Waals surface area contributed by atoms with Crippen LogP contribution in [-0.4, -0.2) is 43.5 Å². The number of piperidine rings is 1. The molecule has 1 N–H and O–H groups in total. The SMILES string of the molecule is COc1ccccc1CCNC(=O)[C@H]1CCCN(C(=O)c2cccc3ccccc23)C1. The maximum absolute atomic E-state index is 13.2. The van der Waals surface area contributed by atoms with Gasteiger partial charge in [-0.15, -0.1) is 0 Å². The summed E-state index contributed by atoms with van der Waals surface area (Å²) in [4.78, 5) is 27.8. The Bertz CT molecular complexity index is 1070. The zero-order valence-electron chi connectivity index (χ0n) is 17.8. The molecule has 1 aliphatic heterocycles. The number of hydrogen-bond acceptors (Lipinski definition) is 3. The van der Waals surface area contributed by atoms with E-state index in [4.69, 9.17) is 4.74 Å². The number of para-hydroxylation sites is 1. The Morgan fingerprint density at radius 3 is 2.68 bits per heavy atom. The van der Waals surface area contributed by atoms with Crippen LogP contribution in [-0.2, 0) is 11.2 Å². The molecule has 3 aromatic carbocycles. The molecule has 1 atom stereocenters. The number of likely N-dealkylation sites (tertiary alicyclic amines) is 1. The van der Waals surface area contributed by atoms with E-state index in [-0.39, 0.29) is 17.7 Å². The number of benzene rings is 3. The Hall–Kier alpha value is -3.34. The zero-order valence-corrected chi connectivity index (χ0v) is 17.8. The molecule has 160 valence electrons. The summed E-state index contributed by atoms with van der Waals surface area (Å²) in [5.74, 6) is 0.681. The highest BCUT2D eigenvalue weighted by Gasteiger charge is 2.29. The van der Waals surface area contributed by atoms with Gasteiger partial charge in [0.25, 0.3) is 5.91 Å². The summed E-state index contributed by atoms with van der Waals surface area (Å²) in [6.45, 7) is 1.70. The van der Waals surface area contributed by atoms with Crippen LogP contribution < -0.4 is 10.1 Å². The summed E-state index contributed by atoms with van der Waals surface area (Å²) in [6.07, 6.45) is 2.35. The van der Waals surface area contributed by atoms with E-state index in [0.29, 0.717) is 31.6 Å². The number of hydrogen-bond donors (Lipinski definition) is 1. The molecule has 0 radical (unpaired) electrons. The molecule has 0 unspecified atom stereocenters. The molecular formula is C26H28N2O3. The fraction of sp³-hybridized carbons (Fsp3) is 0.308. The molecule has 5 nitrogen and oxygen atoms in total. The van der Waals surface area contributed by atoms with Crippen molar-refractivity contribution in [2.75, 3.05) is 26.7 Å². The van der Waals surface area contributed by atoms with Gasteiger partial charge in [0.05, 0.1) is 13.0 Å². The third kappa shape index (κ3) is 4.71. The van der Waals surface area contributed by atoms with E-state index in [9.17, 15) is 9.59 Å². The molecule has 2 amide bonds. The number of nitrogens with zero attached hydrogens (tertiary/aromatic N) is 1. The van der Waals surface area contributed by atoms with Crippen molar-refractivity contribution in [3.8, 4) is 5.75 Å². The van der Waals surface area contributed by atoms with Crippen LogP contribution in [0.4, 0.5) is 0 Å². The van der Waals surface area contributed by atoms with E-state index in [1.165, 1.54) is 0 Å². The number of rotatable bonds is 6. The minimum absolute atomic E-state index is 0.00308. The number of amides is 2. The van der Waals surface area contributed by atoms with Crippen LogP contribution in [0.5, 0.6) is 5.75 Å². The van der Waals surface area contributed by atoms with Crippen LogP contribution in [0.25, 0.3) is 10.8 Å². The molecule has 3 aromatic rings.